The first-order valence-corrected chi connectivity index (χ1v) is 11.2. The number of aryl methyl sites for hydroxylation is 3. The summed E-state index contributed by atoms with van der Waals surface area (Å²) >= 11 is 1.85. The van der Waals surface area contributed by atoms with Crippen LogP contribution in [0.2, 0.25) is 0 Å². The molecule has 3 aromatic heterocycles. The Morgan fingerprint density at radius 3 is 2.65 bits per heavy atom. The van der Waals surface area contributed by atoms with Gasteiger partial charge in [0, 0.05) is 28.9 Å². The fourth-order valence-corrected chi connectivity index (χ4v) is 5.17. The van der Waals surface area contributed by atoms with E-state index in [-0.39, 0.29) is 5.78 Å². The van der Waals surface area contributed by atoms with Crippen LogP contribution < -0.4 is 10.0 Å². The summed E-state index contributed by atoms with van der Waals surface area (Å²) in [5, 5.41) is 5.38. The van der Waals surface area contributed by atoms with E-state index in [2.05, 4.69) is 38.4 Å². The predicted octanol–water partition coefficient (Wildman–Crippen LogP) is 4.35. The summed E-state index contributed by atoms with van der Waals surface area (Å²) in [7, 11) is 0. The first kappa shape index (κ1) is 19.7. The van der Waals surface area contributed by atoms with E-state index in [0.29, 0.717) is 17.1 Å². The Morgan fingerprint density at radius 1 is 1.10 bits per heavy atom. The number of nitrogens with zero attached hydrogens (tertiary/aromatic N) is 4. The number of aromatic nitrogens is 4. The van der Waals surface area contributed by atoms with Crippen LogP contribution in [0.5, 0.6) is 0 Å². The highest BCUT2D eigenvalue weighted by atomic mass is 32.2. The highest BCUT2D eigenvalue weighted by Gasteiger charge is 2.22. The van der Waals surface area contributed by atoms with Gasteiger partial charge in [-0.1, -0.05) is 0 Å². The lowest BCUT2D eigenvalue weighted by molar-refractivity contribution is 0.103. The Hall–Kier alpha value is -3.26. The number of nitrogens with two attached hydrogens (primary N) is 1. The van der Waals surface area contributed by atoms with Crippen molar-refractivity contribution in [2.24, 2.45) is 0 Å². The predicted molar refractivity (Wildman–Crippen MR) is 126 cm³/mol. The van der Waals surface area contributed by atoms with Crippen LogP contribution in [-0.2, 0) is 0 Å². The number of anilines is 2. The highest BCUT2D eigenvalue weighted by Crippen LogP contribution is 2.34. The van der Waals surface area contributed by atoms with E-state index in [0.717, 1.165) is 40.1 Å². The zero-order chi connectivity index (χ0) is 21.7. The molecule has 0 atom stereocenters. The molecule has 1 fully saturated rings. The largest absolute Gasteiger partial charge is 0.383 e. The third-order valence-corrected chi connectivity index (χ3v) is 6.86. The maximum absolute atomic E-state index is 13.3. The minimum absolute atomic E-state index is 0.174. The average Bonchev–Trinajstić information content (AvgIpc) is 3.47. The second-order valence-corrected chi connectivity index (χ2v) is 9.10. The molecule has 0 radical (unpaired) electrons. The molecule has 1 aliphatic heterocycles. The molecule has 0 amide bonds. The van der Waals surface area contributed by atoms with Crippen molar-refractivity contribution in [3.8, 4) is 5.69 Å². The van der Waals surface area contributed by atoms with Crippen molar-refractivity contribution >= 4 is 40.1 Å². The molecule has 0 bridgehead atoms. The number of aromatic amines is 1. The van der Waals surface area contributed by atoms with Crippen molar-refractivity contribution < 1.29 is 4.79 Å². The van der Waals surface area contributed by atoms with E-state index in [1.807, 2.05) is 37.9 Å². The molecule has 0 unspecified atom stereocenters. The van der Waals surface area contributed by atoms with Crippen molar-refractivity contribution in [3.63, 3.8) is 0 Å². The second kappa shape index (κ2) is 7.46. The maximum atomic E-state index is 13.3. The van der Waals surface area contributed by atoms with Crippen LogP contribution in [0.15, 0.2) is 36.7 Å². The van der Waals surface area contributed by atoms with Gasteiger partial charge in [-0.2, -0.15) is 5.10 Å². The summed E-state index contributed by atoms with van der Waals surface area (Å²) in [6.07, 6.45) is 4.45. The van der Waals surface area contributed by atoms with Crippen molar-refractivity contribution in [2.45, 2.75) is 27.2 Å². The smallest absolute Gasteiger partial charge is 0.214 e. The molecule has 4 aromatic rings. The quantitative estimate of drug-likeness (QED) is 0.368. The molecule has 8 heteroatoms. The third kappa shape index (κ3) is 3.37. The summed E-state index contributed by atoms with van der Waals surface area (Å²) in [5.41, 5.74) is 13.2. The second-order valence-electron chi connectivity index (χ2n) is 7.99. The Morgan fingerprint density at radius 2 is 1.90 bits per heavy atom. The standard InChI is InChI=1S/C23H24N6OS/c1-13-7-15(3)25-12-21(13)29-23(24)17(11-26-29)22(30)19-9-16-8-14(2)20(10-18(16)27-19)28-5-4-6-31-28/h7-12,27H,4-6,24H2,1-3H3. The van der Waals surface area contributed by atoms with Crippen LogP contribution in [-0.4, -0.2) is 37.8 Å². The Kier molecular flexibility index (Phi) is 4.74. The monoisotopic (exact) mass is 432 g/mol. The number of benzene rings is 1. The zero-order valence-corrected chi connectivity index (χ0v) is 18.6. The molecule has 1 saturated heterocycles. The summed E-state index contributed by atoms with van der Waals surface area (Å²) in [6.45, 7) is 7.07. The number of hydrogen-bond donors (Lipinski definition) is 2. The lowest BCUT2D eigenvalue weighted by Crippen LogP contribution is -2.10. The fourth-order valence-electron chi connectivity index (χ4n) is 4.09. The van der Waals surface area contributed by atoms with Gasteiger partial charge in [-0.25, -0.2) is 4.68 Å². The molecule has 3 N–H and O–H groups in total. The van der Waals surface area contributed by atoms with Gasteiger partial charge in [0.15, 0.2) is 0 Å². The summed E-state index contributed by atoms with van der Waals surface area (Å²) in [6, 6.07) is 8.12. The summed E-state index contributed by atoms with van der Waals surface area (Å²) in [4.78, 5) is 20.9. The molecule has 0 saturated carbocycles. The van der Waals surface area contributed by atoms with Crippen molar-refractivity contribution in [2.75, 3.05) is 22.3 Å². The number of hydrogen-bond acceptors (Lipinski definition) is 6. The lowest BCUT2D eigenvalue weighted by atomic mass is 10.1. The van der Waals surface area contributed by atoms with Crippen molar-refractivity contribution in [3.05, 3.63) is 64.7 Å². The van der Waals surface area contributed by atoms with E-state index < -0.39 is 0 Å². The van der Waals surface area contributed by atoms with Gasteiger partial charge in [0.05, 0.1) is 35.0 Å². The van der Waals surface area contributed by atoms with Crippen LogP contribution in [0, 0.1) is 20.8 Å². The number of fused-ring (bicyclic) bond motifs is 1. The van der Waals surface area contributed by atoms with E-state index in [1.54, 1.807) is 10.9 Å². The molecular weight excluding hydrogens is 408 g/mol. The molecule has 1 aliphatic rings. The Balaban J connectivity index is 1.51. The van der Waals surface area contributed by atoms with E-state index >= 15 is 0 Å². The van der Waals surface area contributed by atoms with Gasteiger partial charge < -0.3 is 15.0 Å². The molecule has 0 aliphatic carbocycles. The molecule has 5 rings (SSSR count). The molecule has 1 aromatic carbocycles. The topological polar surface area (TPSA) is 92.8 Å². The van der Waals surface area contributed by atoms with Gasteiger partial charge in [-0.3, -0.25) is 9.78 Å². The SMILES string of the molecule is Cc1cc(C)c(-n2ncc(C(=O)c3cc4cc(C)c(N5CCCS5)cc4[nH]3)c2N)cn1. The third-order valence-electron chi connectivity index (χ3n) is 5.70. The number of nitrogen functional groups attached to an aromatic ring is 1. The minimum Gasteiger partial charge on any atom is -0.383 e. The van der Waals surface area contributed by atoms with E-state index in [4.69, 9.17) is 5.73 Å². The molecule has 7 nitrogen and oxygen atoms in total. The van der Waals surface area contributed by atoms with Crippen LogP contribution >= 0.6 is 11.9 Å². The van der Waals surface area contributed by atoms with Gasteiger partial charge in [0.2, 0.25) is 5.78 Å². The van der Waals surface area contributed by atoms with Gasteiger partial charge in [-0.15, -0.1) is 0 Å². The first-order chi connectivity index (χ1) is 14.9. The number of carbonyl (C=O) groups excluding carboxylic acids is 1. The van der Waals surface area contributed by atoms with Crippen LogP contribution in [0.3, 0.4) is 0 Å². The minimum atomic E-state index is -0.174. The van der Waals surface area contributed by atoms with E-state index in [1.165, 1.54) is 23.9 Å². The Labute approximate surface area is 184 Å². The molecule has 0 spiro atoms. The Bertz CT molecular complexity index is 1320. The normalized spacial score (nSPS) is 14.0. The number of pyridine rings is 1. The first-order valence-electron chi connectivity index (χ1n) is 10.3. The van der Waals surface area contributed by atoms with Gasteiger partial charge in [0.25, 0.3) is 0 Å². The van der Waals surface area contributed by atoms with Crippen LogP contribution in [0.1, 0.15) is 39.3 Å². The van der Waals surface area contributed by atoms with Crippen molar-refractivity contribution in [1.29, 1.82) is 0 Å². The number of H-pyrrole nitrogens is 1. The number of nitrogens with one attached hydrogen (secondary N) is 1. The highest BCUT2D eigenvalue weighted by molar-refractivity contribution is 8.00. The fraction of sp³-hybridized carbons (Fsp3) is 0.261. The summed E-state index contributed by atoms with van der Waals surface area (Å²) < 4.78 is 3.90. The lowest BCUT2D eigenvalue weighted by Gasteiger charge is -2.18. The maximum Gasteiger partial charge on any atom is 0.214 e. The molecule has 4 heterocycles. The summed E-state index contributed by atoms with van der Waals surface area (Å²) in [5.74, 6) is 1.28. The van der Waals surface area contributed by atoms with Gasteiger partial charge >= 0.3 is 0 Å². The average molecular weight is 433 g/mol. The van der Waals surface area contributed by atoms with Gasteiger partial charge in [0.1, 0.15) is 5.82 Å². The van der Waals surface area contributed by atoms with Crippen LogP contribution in [0.25, 0.3) is 16.6 Å². The molecule has 158 valence electrons. The number of carbonyl (C=O) groups is 1. The van der Waals surface area contributed by atoms with Crippen molar-refractivity contribution in [1.82, 2.24) is 19.7 Å². The molecule has 31 heavy (non-hydrogen) atoms. The van der Waals surface area contributed by atoms with Gasteiger partial charge in [-0.05, 0) is 74.5 Å². The number of rotatable bonds is 4. The molecular formula is C23H24N6OS. The van der Waals surface area contributed by atoms with Crippen LogP contribution in [0.4, 0.5) is 11.5 Å². The van der Waals surface area contributed by atoms with E-state index in [9.17, 15) is 4.79 Å². The zero-order valence-electron chi connectivity index (χ0n) is 17.8. The number of ketones is 1.